The summed E-state index contributed by atoms with van der Waals surface area (Å²) in [6.45, 7) is 1.25. The SMILES string of the molecule is [NaH].[O-]/[N+](=N/O)N1CCC(CO)CC1. The molecule has 1 aliphatic rings. The number of hydrogen-bond donors (Lipinski definition) is 2. The summed E-state index contributed by atoms with van der Waals surface area (Å²) >= 11 is 0. The summed E-state index contributed by atoms with van der Waals surface area (Å²) in [6, 6.07) is 0. The zero-order valence-corrected chi connectivity index (χ0v) is 6.76. The van der Waals surface area contributed by atoms with Crippen LogP contribution >= 0.6 is 0 Å². The summed E-state index contributed by atoms with van der Waals surface area (Å²) in [4.78, 5) is 0.188. The number of hydrogen-bond acceptors (Lipinski definition) is 3. The minimum atomic E-state index is 0. The van der Waals surface area contributed by atoms with Gasteiger partial charge in [-0.25, -0.2) is 0 Å². The van der Waals surface area contributed by atoms with Crippen molar-refractivity contribution in [1.29, 1.82) is 0 Å². The topological polar surface area (TPSA) is 82.1 Å². The Hall–Kier alpha value is -0.0400. The monoisotopic (exact) mass is 199 g/mol. The van der Waals surface area contributed by atoms with Gasteiger partial charge in [0.25, 0.3) is 0 Å². The van der Waals surface area contributed by atoms with Crippen LogP contribution in [0.4, 0.5) is 0 Å². The van der Waals surface area contributed by atoms with E-state index < -0.39 is 0 Å². The molecule has 0 aromatic heterocycles. The molecule has 0 unspecified atom stereocenters. The Morgan fingerprint density at radius 1 is 1.46 bits per heavy atom. The van der Waals surface area contributed by atoms with Crippen LogP contribution in [0.1, 0.15) is 12.8 Å². The molecule has 72 valence electrons. The van der Waals surface area contributed by atoms with Gasteiger partial charge in [0, 0.05) is 6.61 Å². The molecule has 13 heavy (non-hydrogen) atoms. The van der Waals surface area contributed by atoms with E-state index in [1.807, 2.05) is 0 Å². The molecule has 1 fully saturated rings. The first-order valence-electron chi connectivity index (χ1n) is 3.96. The molecule has 0 aromatic carbocycles. The molecule has 0 saturated carbocycles. The molecule has 0 bridgehead atoms. The standard InChI is InChI=1S/C6H13N3O3.Na.H/c10-5-6-1-3-8(4-2-6)9(12)7-11;;/h6,10-11H,1-5H2;;/b9-7+;;. The normalized spacial score (nSPS) is 19.8. The van der Waals surface area contributed by atoms with E-state index in [0.717, 1.165) is 12.8 Å². The van der Waals surface area contributed by atoms with Gasteiger partial charge in [-0.3, -0.25) is 0 Å². The molecule has 0 aromatic rings. The Bertz CT molecular complexity index is 171. The minimum Gasteiger partial charge on any atom is -0.569 e. The van der Waals surface area contributed by atoms with Crippen LogP contribution in [0.5, 0.6) is 0 Å². The van der Waals surface area contributed by atoms with Gasteiger partial charge in [0.15, 0.2) is 0 Å². The van der Waals surface area contributed by atoms with Crippen LogP contribution < -0.4 is 0 Å². The van der Waals surface area contributed by atoms with Gasteiger partial charge in [0.1, 0.15) is 0 Å². The molecule has 1 aliphatic heterocycles. The third-order valence-electron chi connectivity index (χ3n) is 2.17. The first-order valence-corrected chi connectivity index (χ1v) is 3.96. The fraction of sp³-hybridized carbons (Fsp3) is 1.00. The Balaban J connectivity index is 0.00000144. The van der Waals surface area contributed by atoms with Crippen molar-refractivity contribution in [3.05, 3.63) is 5.21 Å². The minimum absolute atomic E-state index is 0. The first kappa shape index (κ1) is 13.0. The van der Waals surface area contributed by atoms with Gasteiger partial charge in [-0.05, 0) is 18.8 Å². The van der Waals surface area contributed by atoms with Gasteiger partial charge in [-0.2, -0.15) is 0 Å². The molecule has 6 nitrogen and oxygen atoms in total. The first-order chi connectivity index (χ1) is 5.77. The van der Waals surface area contributed by atoms with E-state index in [4.69, 9.17) is 10.3 Å². The number of rotatable bonds is 2. The molecule has 0 spiro atoms. The van der Waals surface area contributed by atoms with Gasteiger partial charge in [0.05, 0.1) is 18.1 Å². The predicted octanol–water partition coefficient (Wildman–Crippen LogP) is -0.691. The van der Waals surface area contributed by atoms with Crippen molar-refractivity contribution in [3.8, 4) is 0 Å². The van der Waals surface area contributed by atoms with Crippen LogP contribution in [0.15, 0.2) is 5.28 Å². The fourth-order valence-electron chi connectivity index (χ4n) is 1.33. The molecular formula is C6H14N3NaO3. The summed E-state index contributed by atoms with van der Waals surface area (Å²) in [5.41, 5.74) is 0. The third-order valence-corrected chi connectivity index (χ3v) is 2.17. The van der Waals surface area contributed by atoms with Crippen molar-refractivity contribution in [3.63, 3.8) is 0 Å². The molecule has 0 atom stereocenters. The van der Waals surface area contributed by atoms with Crippen molar-refractivity contribution < 1.29 is 15.3 Å². The number of nitrogens with zero attached hydrogens (tertiary/aromatic N) is 3. The summed E-state index contributed by atoms with van der Waals surface area (Å²) < 4.78 is 0. The Labute approximate surface area is 98.6 Å². The molecule has 1 saturated heterocycles. The number of piperidine rings is 1. The number of aliphatic hydroxyl groups is 1. The quantitative estimate of drug-likeness (QED) is 0.267. The third kappa shape index (κ3) is 3.68. The second-order valence-electron chi connectivity index (χ2n) is 2.92. The van der Waals surface area contributed by atoms with Gasteiger partial charge >= 0.3 is 29.6 Å². The van der Waals surface area contributed by atoms with Gasteiger partial charge in [-0.1, -0.05) is 0 Å². The smallest absolute Gasteiger partial charge is 0.230 e. The number of aliphatic hydroxyl groups excluding tert-OH is 1. The Morgan fingerprint density at radius 3 is 2.38 bits per heavy atom. The molecule has 1 rings (SSSR count). The van der Waals surface area contributed by atoms with Gasteiger partial charge < -0.3 is 15.5 Å². The van der Waals surface area contributed by atoms with E-state index in [9.17, 15) is 5.21 Å². The fourth-order valence-corrected chi connectivity index (χ4v) is 1.33. The van der Waals surface area contributed by atoms with E-state index in [1.165, 1.54) is 5.01 Å². The average Bonchev–Trinajstić information content (AvgIpc) is 2.17. The summed E-state index contributed by atoms with van der Waals surface area (Å²) in [5.74, 6) is 0.286. The molecule has 7 heteroatoms. The maximum absolute atomic E-state index is 10.7. The summed E-state index contributed by atoms with van der Waals surface area (Å²) in [5, 5.41) is 31.6. The van der Waals surface area contributed by atoms with Crippen LogP contribution in [0, 0.1) is 11.1 Å². The van der Waals surface area contributed by atoms with Crippen molar-refractivity contribution in [2.24, 2.45) is 11.2 Å². The van der Waals surface area contributed by atoms with Gasteiger partial charge in [-0.15, -0.1) is 5.01 Å². The maximum atomic E-state index is 10.7. The second-order valence-corrected chi connectivity index (χ2v) is 2.92. The molecule has 0 aliphatic carbocycles. The molecule has 1 heterocycles. The summed E-state index contributed by atoms with van der Waals surface area (Å²) in [6.07, 6.45) is 1.54. The van der Waals surface area contributed by atoms with E-state index in [2.05, 4.69) is 5.28 Å². The van der Waals surface area contributed by atoms with Crippen LogP contribution in [0.3, 0.4) is 0 Å². The van der Waals surface area contributed by atoms with Crippen molar-refractivity contribution in [2.45, 2.75) is 12.8 Å². The molecule has 2 N–H and O–H groups in total. The van der Waals surface area contributed by atoms with Crippen LogP contribution in [0.25, 0.3) is 0 Å². The Morgan fingerprint density at radius 2 is 2.00 bits per heavy atom. The average molecular weight is 199 g/mol. The van der Waals surface area contributed by atoms with Crippen molar-refractivity contribution in [1.82, 2.24) is 5.01 Å². The van der Waals surface area contributed by atoms with Crippen LogP contribution in [0.2, 0.25) is 0 Å². The van der Waals surface area contributed by atoms with E-state index in [-0.39, 0.29) is 47.1 Å². The summed E-state index contributed by atoms with van der Waals surface area (Å²) in [7, 11) is 0. The van der Waals surface area contributed by atoms with Crippen molar-refractivity contribution >= 4 is 29.6 Å². The van der Waals surface area contributed by atoms with E-state index >= 15 is 0 Å². The predicted molar refractivity (Wildman–Crippen MR) is 46.4 cm³/mol. The largest absolute Gasteiger partial charge is 0.569 e. The van der Waals surface area contributed by atoms with Crippen molar-refractivity contribution in [2.75, 3.05) is 19.7 Å². The zero-order valence-electron chi connectivity index (χ0n) is 6.76. The Kier molecular flexibility index (Phi) is 6.40. The van der Waals surface area contributed by atoms with E-state index in [0.29, 0.717) is 13.1 Å². The molecule has 0 amide bonds. The molecular weight excluding hydrogens is 185 g/mol. The second kappa shape index (κ2) is 6.42. The van der Waals surface area contributed by atoms with Crippen LogP contribution in [-0.4, -0.2) is 69.5 Å². The van der Waals surface area contributed by atoms with E-state index in [1.54, 1.807) is 0 Å². The zero-order chi connectivity index (χ0) is 8.97. The number of hydrazine groups is 1. The molecule has 0 radical (unpaired) electrons. The van der Waals surface area contributed by atoms with Crippen LogP contribution in [-0.2, 0) is 0 Å². The maximum Gasteiger partial charge on any atom is 0.230 e. The van der Waals surface area contributed by atoms with Gasteiger partial charge in [0.2, 0.25) is 5.28 Å².